The average Bonchev–Trinajstić information content (AvgIpc) is 2.84. The number of hydrogen-bond donors (Lipinski definition) is 0. The summed E-state index contributed by atoms with van der Waals surface area (Å²) in [5.41, 5.74) is 11.4. The van der Waals surface area contributed by atoms with Crippen LogP contribution in [0, 0.1) is 6.92 Å². The molecule has 0 bridgehead atoms. The third-order valence-corrected chi connectivity index (χ3v) is 5.79. The Labute approximate surface area is 151 Å². The molecule has 0 saturated heterocycles. The van der Waals surface area contributed by atoms with E-state index in [1.54, 1.807) is 0 Å². The first-order valence-corrected chi connectivity index (χ1v) is 9.18. The molecule has 4 rings (SSSR count). The molecule has 0 amide bonds. The molecule has 0 N–H and O–H groups in total. The molecule has 1 heterocycles. The molecule has 1 aliphatic carbocycles. The van der Waals surface area contributed by atoms with Crippen LogP contribution in [-0.2, 0) is 18.9 Å². The SMILES string of the molecule is CCc1cc(C)c(-c2cccc[n+]2C)c2c1C(C)(C)c1ccccc1-2. The lowest BCUT2D eigenvalue weighted by molar-refractivity contribution is -0.660. The summed E-state index contributed by atoms with van der Waals surface area (Å²) < 4.78 is 2.24. The van der Waals surface area contributed by atoms with Crippen LogP contribution in [0.15, 0.2) is 54.7 Å². The highest BCUT2D eigenvalue weighted by atomic mass is 14.9. The van der Waals surface area contributed by atoms with E-state index in [-0.39, 0.29) is 5.41 Å². The van der Waals surface area contributed by atoms with Gasteiger partial charge in [0, 0.05) is 23.1 Å². The van der Waals surface area contributed by atoms with E-state index in [2.05, 4.69) is 94.0 Å². The van der Waals surface area contributed by atoms with E-state index in [1.165, 1.54) is 44.6 Å². The Morgan fingerprint density at radius 3 is 2.40 bits per heavy atom. The summed E-state index contributed by atoms with van der Waals surface area (Å²) in [6, 6.07) is 17.8. The zero-order valence-corrected chi connectivity index (χ0v) is 15.9. The van der Waals surface area contributed by atoms with Crippen LogP contribution in [0.2, 0.25) is 0 Å². The highest BCUT2D eigenvalue weighted by Gasteiger charge is 2.40. The molecule has 0 unspecified atom stereocenters. The van der Waals surface area contributed by atoms with Gasteiger partial charge in [-0.2, -0.15) is 0 Å². The average molecular weight is 328 g/mol. The van der Waals surface area contributed by atoms with Gasteiger partial charge in [0.2, 0.25) is 5.69 Å². The lowest BCUT2D eigenvalue weighted by Crippen LogP contribution is -2.30. The van der Waals surface area contributed by atoms with Crippen LogP contribution in [0.25, 0.3) is 22.4 Å². The maximum atomic E-state index is 2.41. The van der Waals surface area contributed by atoms with Crippen LogP contribution < -0.4 is 4.57 Å². The number of hydrogen-bond acceptors (Lipinski definition) is 0. The largest absolute Gasteiger partial charge is 0.213 e. The molecule has 0 radical (unpaired) electrons. The Bertz CT molecular complexity index is 979. The van der Waals surface area contributed by atoms with Crippen molar-refractivity contribution < 1.29 is 4.57 Å². The predicted molar refractivity (Wildman–Crippen MR) is 105 cm³/mol. The van der Waals surface area contributed by atoms with Gasteiger partial charge in [-0.3, -0.25) is 0 Å². The molecule has 1 aromatic heterocycles. The number of benzene rings is 2. The summed E-state index contributed by atoms with van der Waals surface area (Å²) in [6.07, 6.45) is 3.21. The van der Waals surface area contributed by atoms with Gasteiger partial charge in [0.05, 0.1) is 5.56 Å². The van der Waals surface area contributed by atoms with Gasteiger partial charge in [-0.25, -0.2) is 4.57 Å². The molecule has 0 fully saturated rings. The highest BCUT2D eigenvalue weighted by molar-refractivity contribution is 5.93. The van der Waals surface area contributed by atoms with Gasteiger partial charge in [-0.1, -0.05) is 51.1 Å². The Kier molecular flexibility index (Phi) is 3.57. The summed E-state index contributed by atoms with van der Waals surface area (Å²) in [6.45, 7) is 9.29. The Hall–Kier alpha value is -2.41. The van der Waals surface area contributed by atoms with Gasteiger partial charge in [0.25, 0.3) is 0 Å². The van der Waals surface area contributed by atoms with Crippen LogP contribution in [0.1, 0.15) is 43.0 Å². The summed E-state index contributed by atoms with van der Waals surface area (Å²) in [5.74, 6) is 0. The first-order valence-electron chi connectivity index (χ1n) is 9.18. The van der Waals surface area contributed by atoms with Crippen molar-refractivity contribution in [2.24, 2.45) is 7.05 Å². The number of nitrogens with zero attached hydrogens (tertiary/aromatic N) is 1. The van der Waals surface area contributed by atoms with Gasteiger partial charge in [-0.15, -0.1) is 0 Å². The minimum atomic E-state index is 0.0487. The van der Waals surface area contributed by atoms with Crippen molar-refractivity contribution >= 4 is 0 Å². The third kappa shape index (κ3) is 2.18. The molecule has 0 spiro atoms. The van der Waals surface area contributed by atoms with Crippen molar-refractivity contribution in [3.63, 3.8) is 0 Å². The van der Waals surface area contributed by atoms with Crippen LogP contribution in [0.3, 0.4) is 0 Å². The molecule has 1 heteroatoms. The molecular formula is C24H26N+. The maximum absolute atomic E-state index is 2.41. The van der Waals surface area contributed by atoms with Gasteiger partial charge in [0.1, 0.15) is 7.05 Å². The quantitative estimate of drug-likeness (QED) is 0.558. The summed E-state index contributed by atoms with van der Waals surface area (Å²) >= 11 is 0. The Morgan fingerprint density at radius 1 is 0.960 bits per heavy atom. The second-order valence-corrected chi connectivity index (χ2v) is 7.70. The minimum Gasteiger partial charge on any atom is -0.201 e. The van der Waals surface area contributed by atoms with E-state index >= 15 is 0 Å². The summed E-state index contributed by atoms with van der Waals surface area (Å²) in [7, 11) is 2.14. The van der Waals surface area contributed by atoms with Crippen molar-refractivity contribution in [3.05, 3.63) is 77.0 Å². The maximum Gasteiger partial charge on any atom is 0.213 e. The van der Waals surface area contributed by atoms with Gasteiger partial charge in [-0.05, 0) is 47.2 Å². The molecule has 0 atom stereocenters. The standard InChI is InChI=1S/C24H26N/c1-6-17-15-16(2)21(20-13-9-10-14-25(20)5)22-18-11-7-8-12-19(18)24(3,4)23(17)22/h7-15H,6H2,1-5H3/q+1. The second-order valence-electron chi connectivity index (χ2n) is 7.70. The molecule has 2 aromatic carbocycles. The zero-order chi connectivity index (χ0) is 17.8. The van der Waals surface area contributed by atoms with Crippen molar-refractivity contribution in [3.8, 4) is 22.4 Å². The fraction of sp³-hybridized carbons (Fsp3) is 0.292. The fourth-order valence-electron chi connectivity index (χ4n) is 4.64. The third-order valence-electron chi connectivity index (χ3n) is 5.79. The molecule has 1 nitrogen and oxygen atoms in total. The first-order chi connectivity index (χ1) is 12.0. The van der Waals surface area contributed by atoms with Crippen molar-refractivity contribution in [1.82, 2.24) is 0 Å². The van der Waals surface area contributed by atoms with E-state index in [9.17, 15) is 0 Å². The Balaban J connectivity index is 2.19. The van der Waals surface area contributed by atoms with E-state index < -0.39 is 0 Å². The molecule has 0 aliphatic heterocycles. The molecule has 126 valence electrons. The number of rotatable bonds is 2. The van der Waals surface area contributed by atoms with E-state index in [0.717, 1.165) is 6.42 Å². The van der Waals surface area contributed by atoms with E-state index in [1.807, 2.05) is 0 Å². The smallest absolute Gasteiger partial charge is 0.201 e. The number of aryl methyl sites for hydroxylation is 3. The zero-order valence-electron chi connectivity index (χ0n) is 15.9. The molecule has 25 heavy (non-hydrogen) atoms. The topological polar surface area (TPSA) is 3.88 Å². The van der Waals surface area contributed by atoms with E-state index in [0.29, 0.717) is 0 Å². The lowest BCUT2D eigenvalue weighted by atomic mass is 9.78. The second kappa shape index (κ2) is 5.56. The van der Waals surface area contributed by atoms with Crippen LogP contribution in [-0.4, -0.2) is 0 Å². The fourth-order valence-corrected chi connectivity index (χ4v) is 4.64. The number of pyridine rings is 1. The number of fused-ring (bicyclic) bond motifs is 3. The monoisotopic (exact) mass is 328 g/mol. The molecule has 3 aromatic rings. The van der Waals surface area contributed by atoms with Gasteiger partial charge >= 0.3 is 0 Å². The summed E-state index contributed by atoms with van der Waals surface area (Å²) in [5, 5.41) is 0. The minimum absolute atomic E-state index is 0.0487. The Morgan fingerprint density at radius 2 is 1.68 bits per heavy atom. The normalized spacial score (nSPS) is 14.3. The molecular weight excluding hydrogens is 302 g/mol. The molecule has 1 aliphatic rings. The highest BCUT2D eigenvalue weighted by Crippen LogP contribution is 2.53. The van der Waals surface area contributed by atoms with Crippen LogP contribution in [0.5, 0.6) is 0 Å². The van der Waals surface area contributed by atoms with Crippen LogP contribution >= 0.6 is 0 Å². The van der Waals surface area contributed by atoms with Crippen molar-refractivity contribution in [2.45, 2.75) is 39.5 Å². The summed E-state index contributed by atoms with van der Waals surface area (Å²) in [4.78, 5) is 0. The first kappa shape index (κ1) is 16.1. The molecule has 0 saturated carbocycles. The predicted octanol–water partition coefficient (Wildman–Crippen LogP) is 5.36. The van der Waals surface area contributed by atoms with Crippen molar-refractivity contribution in [2.75, 3.05) is 0 Å². The van der Waals surface area contributed by atoms with Gasteiger partial charge < -0.3 is 0 Å². The van der Waals surface area contributed by atoms with Crippen molar-refractivity contribution in [1.29, 1.82) is 0 Å². The lowest BCUT2D eigenvalue weighted by Gasteiger charge is -2.25. The van der Waals surface area contributed by atoms with Gasteiger partial charge in [0.15, 0.2) is 6.20 Å². The van der Waals surface area contributed by atoms with Crippen LogP contribution in [0.4, 0.5) is 0 Å². The van der Waals surface area contributed by atoms with E-state index in [4.69, 9.17) is 0 Å². The number of aromatic nitrogens is 1.